The van der Waals surface area contributed by atoms with Crippen LogP contribution in [-0.4, -0.2) is 16.8 Å². The number of benzene rings is 1. The summed E-state index contributed by atoms with van der Waals surface area (Å²) in [5.74, 6) is -0.256. The van der Waals surface area contributed by atoms with Crippen molar-refractivity contribution in [2.45, 2.75) is 20.3 Å². The number of carbonyl (C=O) groups is 2. The molecule has 21 heavy (non-hydrogen) atoms. The molecule has 1 aromatic carbocycles. The molecule has 2 heterocycles. The van der Waals surface area contributed by atoms with E-state index >= 15 is 0 Å². The summed E-state index contributed by atoms with van der Waals surface area (Å²) in [6.45, 7) is 3.76. The van der Waals surface area contributed by atoms with Gasteiger partial charge in [-0.15, -0.1) is 0 Å². The summed E-state index contributed by atoms with van der Waals surface area (Å²) in [7, 11) is 0. The second-order valence-corrected chi connectivity index (χ2v) is 5.14. The minimum absolute atomic E-state index is 0.0406. The van der Waals surface area contributed by atoms with Crippen LogP contribution in [0.2, 0.25) is 0 Å². The summed E-state index contributed by atoms with van der Waals surface area (Å²) in [5, 5.41) is 5.59. The van der Waals surface area contributed by atoms with Crippen LogP contribution in [0, 0.1) is 13.8 Å². The molecule has 0 saturated carbocycles. The number of nitrogens with one attached hydrogen (secondary N) is 2. The van der Waals surface area contributed by atoms with E-state index in [-0.39, 0.29) is 11.8 Å². The second kappa shape index (κ2) is 5.01. The summed E-state index contributed by atoms with van der Waals surface area (Å²) >= 11 is 0. The molecule has 0 aliphatic carbocycles. The first kappa shape index (κ1) is 13.3. The van der Waals surface area contributed by atoms with Crippen molar-refractivity contribution in [3.05, 3.63) is 52.8 Å². The predicted molar refractivity (Wildman–Crippen MR) is 80.4 cm³/mol. The topological polar surface area (TPSA) is 71.1 Å². The highest BCUT2D eigenvalue weighted by atomic mass is 16.2. The molecule has 1 aliphatic rings. The van der Waals surface area contributed by atoms with Crippen molar-refractivity contribution in [3.8, 4) is 0 Å². The summed E-state index contributed by atoms with van der Waals surface area (Å²) in [5.41, 5.74) is 4.52. The highest BCUT2D eigenvalue weighted by molar-refractivity contribution is 6.07. The number of carbonyl (C=O) groups excluding carboxylic acids is 2. The molecule has 0 unspecified atom stereocenters. The van der Waals surface area contributed by atoms with Crippen LogP contribution in [0.1, 0.15) is 27.3 Å². The van der Waals surface area contributed by atoms with Crippen LogP contribution >= 0.6 is 0 Å². The van der Waals surface area contributed by atoms with Gasteiger partial charge in [0.05, 0.1) is 17.8 Å². The number of fused-ring (bicyclic) bond motifs is 1. The standard InChI is InChI=1S/C16H15N3O2/c1-9-3-6-13(10(2)17-9)19-16(21)12-5-4-11-8-15(20)18-14(11)7-12/h3-7H,8H2,1-2H3,(H,18,20)(H,19,21). The zero-order chi connectivity index (χ0) is 15.0. The molecule has 2 aromatic rings. The van der Waals surface area contributed by atoms with E-state index < -0.39 is 0 Å². The minimum atomic E-state index is -0.215. The average molecular weight is 281 g/mol. The van der Waals surface area contributed by atoms with Gasteiger partial charge in [0.2, 0.25) is 5.91 Å². The third-order valence-corrected chi connectivity index (χ3v) is 3.47. The van der Waals surface area contributed by atoms with Crippen LogP contribution in [0.4, 0.5) is 11.4 Å². The van der Waals surface area contributed by atoms with Crippen LogP contribution in [0.15, 0.2) is 30.3 Å². The molecule has 2 N–H and O–H groups in total. The molecule has 1 aromatic heterocycles. The number of anilines is 2. The number of nitrogens with zero attached hydrogens (tertiary/aromatic N) is 1. The summed E-state index contributed by atoms with van der Waals surface area (Å²) in [6, 6.07) is 8.93. The molecular weight excluding hydrogens is 266 g/mol. The number of aromatic nitrogens is 1. The van der Waals surface area contributed by atoms with Crippen molar-refractivity contribution < 1.29 is 9.59 Å². The van der Waals surface area contributed by atoms with E-state index in [4.69, 9.17) is 0 Å². The Balaban J connectivity index is 1.83. The molecule has 0 fully saturated rings. The van der Waals surface area contributed by atoms with Gasteiger partial charge in [0.15, 0.2) is 0 Å². The molecule has 3 rings (SSSR count). The predicted octanol–water partition coefficient (Wildman–Crippen LogP) is 2.45. The van der Waals surface area contributed by atoms with Crippen molar-refractivity contribution in [1.82, 2.24) is 4.98 Å². The lowest BCUT2D eigenvalue weighted by molar-refractivity contribution is -0.115. The van der Waals surface area contributed by atoms with E-state index in [0.717, 1.165) is 17.0 Å². The Bertz CT molecular complexity index is 753. The average Bonchev–Trinajstić information content (AvgIpc) is 2.80. The van der Waals surface area contributed by atoms with Crippen LogP contribution in [-0.2, 0) is 11.2 Å². The minimum Gasteiger partial charge on any atom is -0.326 e. The van der Waals surface area contributed by atoms with Gasteiger partial charge in [0.1, 0.15) is 0 Å². The molecule has 2 amide bonds. The Morgan fingerprint density at radius 2 is 2.05 bits per heavy atom. The van der Waals surface area contributed by atoms with Gasteiger partial charge in [-0.2, -0.15) is 0 Å². The molecule has 0 saturated heterocycles. The van der Waals surface area contributed by atoms with Gasteiger partial charge in [-0.25, -0.2) is 0 Å². The lowest BCUT2D eigenvalue weighted by Crippen LogP contribution is -2.13. The number of hydrogen-bond acceptors (Lipinski definition) is 3. The van der Waals surface area contributed by atoms with E-state index in [1.807, 2.05) is 32.0 Å². The molecule has 0 bridgehead atoms. The van der Waals surface area contributed by atoms with Crippen molar-refractivity contribution >= 4 is 23.2 Å². The van der Waals surface area contributed by atoms with Crippen molar-refractivity contribution in [2.75, 3.05) is 10.6 Å². The SMILES string of the molecule is Cc1ccc(NC(=O)c2ccc3c(c2)NC(=O)C3)c(C)n1. The molecule has 0 spiro atoms. The van der Waals surface area contributed by atoms with E-state index in [1.165, 1.54) is 0 Å². The first-order chi connectivity index (χ1) is 10.0. The van der Waals surface area contributed by atoms with Gasteiger partial charge < -0.3 is 10.6 Å². The molecule has 0 radical (unpaired) electrons. The zero-order valence-corrected chi connectivity index (χ0v) is 11.9. The fourth-order valence-corrected chi connectivity index (χ4v) is 2.37. The Kier molecular flexibility index (Phi) is 3.17. The monoisotopic (exact) mass is 281 g/mol. The van der Waals surface area contributed by atoms with Gasteiger partial charge in [-0.3, -0.25) is 14.6 Å². The fraction of sp³-hybridized carbons (Fsp3) is 0.188. The Hall–Kier alpha value is -2.69. The van der Waals surface area contributed by atoms with Crippen LogP contribution in [0.5, 0.6) is 0 Å². The number of amides is 2. The molecule has 5 nitrogen and oxygen atoms in total. The first-order valence-electron chi connectivity index (χ1n) is 6.71. The number of rotatable bonds is 2. The smallest absolute Gasteiger partial charge is 0.255 e. The van der Waals surface area contributed by atoms with Crippen molar-refractivity contribution in [2.24, 2.45) is 0 Å². The molecular formula is C16H15N3O2. The zero-order valence-electron chi connectivity index (χ0n) is 11.9. The quantitative estimate of drug-likeness (QED) is 0.888. The van der Waals surface area contributed by atoms with Crippen LogP contribution in [0.3, 0.4) is 0 Å². The fourth-order valence-electron chi connectivity index (χ4n) is 2.37. The van der Waals surface area contributed by atoms with Gasteiger partial charge >= 0.3 is 0 Å². The van der Waals surface area contributed by atoms with Gasteiger partial charge in [0.25, 0.3) is 5.91 Å². The number of hydrogen-bond donors (Lipinski definition) is 2. The van der Waals surface area contributed by atoms with E-state index in [2.05, 4.69) is 15.6 Å². The summed E-state index contributed by atoms with van der Waals surface area (Å²) in [4.78, 5) is 27.9. The summed E-state index contributed by atoms with van der Waals surface area (Å²) < 4.78 is 0. The maximum atomic E-state index is 12.3. The molecule has 106 valence electrons. The molecule has 1 aliphatic heterocycles. The van der Waals surface area contributed by atoms with Crippen molar-refractivity contribution in [3.63, 3.8) is 0 Å². The maximum Gasteiger partial charge on any atom is 0.255 e. The lowest BCUT2D eigenvalue weighted by Gasteiger charge is -2.09. The van der Waals surface area contributed by atoms with Gasteiger partial charge in [-0.05, 0) is 43.7 Å². The third-order valence-electron chi connectivity index (χ3n) is 3.47. The third kappa shape index (κ3) is 2.63. The Morgan fingerprint density at radius 1 is 1.24 bits per heavy atom. The molecule has 5 heteroatoms. The highest BCUT2D eigenvalue weighted by Gasteiger charge is 2.19. The van der Waals surface area contributed by atoms with Crippen LogP contribution in [0.25, 0.3) is 0 Å². The number of aryl methyl sites for hydroxylation is 2. The Labute approximate surface area is 122 Å². The highest BCUT2D eigenvalue weighted by Crippen LogP contribution is 2.24. The first-order valence-corrected chi connectivity index (χ1v) is 6.71. The maximum absolute atomic E-state index is 12.3. The van der Waals surface area contributed by atoms with Crippen LogP contribution < -0.4 is 10.6 Å². The molecule has 0 atom stereocenters. The van der Waals surface area contributed by atoms with E-state index in [9.17, 15) is 9.59 Å². The van der Waals surface area contributed by atoms with Gasteiger partial charge in [0, 0.05) is 16.9 Å². The largest absolute Gasteiger partial charge is 0.326 e. The van der Waals surface area contributed by atoms with Gasteiger partial charge in [-0.1, -0.05) is 6.07 Å². The Morgan fingerprint density at radius 3 is 2.81 bits per heavy atom. The normalized spacial score (nSPS) is 12.8. The van der Waals surface area contributed by atoms with Crippen molar-refractivity contribution in [1.29, 1.82) is 0 Å². The summed E-state index contributed by atoms with van der Waals surface area (Å²) in [6.07, 6.45) is 0.373. The second-order valence-electron chi connectivity index (χ2n) is 5.14. The van der Waals surface area contributed by atoms with E-state index in [0.29, 0.717) is 23.4 Å². The number of pyridine rings is 1. The lowest BCUT2D eigenvalue weighted by atomic mass is 10.1. The van der Waals surface area contributed by atoms with E-state index in [1.54, 1.807) is 12.1 Å².